The van der Waals surface area contributed by atoms with Crippen LogP contribution in [0.3, 0.4) is 0 Å². The van der Waals surface area contributed by atoms with Gasteiger partial charge in [0.1, 0.15) is 6.07 Å². The van der Waals surface area contributed by atoms with E-state index in [2.05, 4.69) is 40.4 Å². The molecule has 0 N–H and O–H groups in total. The summed E-state index contributed by atoms with van der Waals surface area (Å²) in [6.07, 6.45) is 0. The third-order valence-corrected chi connectivity index (χ3v) is 3.13. The van der Waals surface area contributed by atoms with E-state index in [-0.39, 0.29) is 0 Å². The van der Waals surface area contributed by atoms with Gasteiger partial charge in [-0.25, -0.2) is 0 Å². The molecule has 0 radical (unpaired) electrons. The molecule has 0 bridgehead atoms. The van der Waals surface area contributed by atoms with E-state index < -0.39 is 0 Å². The Hall–Kier alpha value is -0.750. The van der Waals surface area contributed by atoms with Gasteiger partial charge < -0.3 is 4.57 Å². The van der Waals surface area contributed by atoms with Gasteiger partial charge in [-0.3, -0.25) is 0 Å². The smallest absolute Gasteiger partial charge is 0.102 e. The van der Waals surface area contributed by atoms with Crippen LogP contribution in [-0.2, 0) is 7.05 Å². The summed E-state index contributed by atoms with van der Waals surface area (Å²) in [5.41, 5.74) is 2.97. The average Bonchev–Trinajstić information content (AvgIpc) is 2.24. The van der Waals surface area contributed by atoms with E-state index in [1.54, 1.807) is 0 Å². The molecule has 1 aromatic heterocycles. The highest BCUT2D eigenvalue weighted by Crippen LogP contribution is 2.31. The fourth-order valence-corrected chi connectivity index (χ4v) is 2.65. The predicted octanol–water partition coefficient (Wildman–Crippen LogP) is 3.09. The molecule has 70 valence electrons. The Morgan fingerprint density at radius 2 is 2.00 bits per heavy atom. The fourth-order valence-electron chi connectivity index (χ4n) is 1.55. The average molecular weight is 241 g/mol. The molecule has 0 amide bonds. The zero-order valence-electron chi connectivity index (χ0n) is 8.35. The van der Waals surface area contributed by atoms with Crippen LogP contribution in [0.4, 0.5) is 0 Å². The minimum Gasteiger partial charge on any atom is -0.349 e. The number of hydrogen-bond donors (Lipinski definition) is 0. The first-order chi connectivity index (χ1) is 6.00. The van der Waals surface area contributed by atoms with Crippen LogP contribution in [0, 0.1) is 18.3 Å². The standard InChI is InChI=1S/C10H13BrN2/c1-6(2)10-9(11)8(5-12)7(3)13(10)4/h6H,1-4H3. The zero-order valence-corrected chi connectivity index (χ0v) is 9.94. The molecule has 0 aromatic carbocycles. The summed E-state index contributed by atoms with van der Waals surface area (Å²) in [5.74, 6) is 0.431. The molecule has 13 heavy (non-hydrogen) atoms. The molecule has 0 unspecified atom stereocenters. The van der Waals surface area contributed by atoms with E-state index in [4.69, 9.17) is 5.26 Å². The number of hydrogen-bond acceptors (Lipinski definition) is 1. The topological polar surface area (TPSA) is 28.7 Å². The van der Waals surface area contributed by atoms with Gasteiger partial charge in [0.25, 0.3) is 0 Å². The van der Waals surface area contributed by atoms with Crippen LogP contribution < -0.4 is 0 Å². The number of nitrogens with zero attached hydrogens (tertiary/aromatic N) is 2. The lowest BCUT2D eigenvalue weighted by Crippen LogP contribution is -2.00. The molecule has 0 saturated heterocycles. The van der Waals surface area contributed by atoms with Crippen LogP contribution in [-0.4, -0.2) is 4.57 Å². The van der Waals surface area contributed by atoms with Gasteiger partial charge in [-0.1, -0.05) is 13.8 Å². The molecular weight excluding hydrogens is 228 g/mol. The van der Waals surface area contributed by atoms with E-state index in [1.807, 2.05) is 14.0 Å². The molecule has 0 aliphatic heterocycles. The molecule has 0 aliphatic rings. The first-order valence-electron chi connectivity index (χ1n) is 4.25. The van der Waals surface area contributed by atoms with Crippen molar-refractivity contribution >= 4 is 15.9 Å². The monoisotopic (exact) mass is 240 g/mol. The number of rotatable bonds is 1. The zero-order chi connectivity index (χ0) is 10.2. The molecule has 1 rings (SSSR count). The Labute approximate surface area is 87.3 Å². The summed E-state index contributed by atoms with van der Waals surface area (Å²) in [5, 5.41) is 8.93. The van der Waals surface area contributed by atoms with Gasteiger partial charge in [-0.05, 0) is 28.8 Å². The molecule has 0 saturated carbocycles. The summed E-state index contributed by atoms with van der Waals surface area (Å²) in [4.78, 5) is 0. The molecule has 0 atom stereocenters. The van der Waals surface area contributed by atoms with Crippen LogP contribution in [0.1, 0.15) is 36.7 Å². The molecule has 3 heteroatoms. The summed E-state index contributed by atoms with van der Waals surface area (Å²) in [7, 11) is 2.00. The maximum Gasteiger partial charge on any atom is 0.102 e. The third-order valence-electron chi connectivity index (χ3n) is 2.33. The second-order valence-corrected chi connectivity index (χ2v) is 4.28. The SMILES string of the molecule is Cc1c(C#N)c(Br)c(C(C)C)n1C. The highest BCUT2D eigenvalue weighted by Gasteiger charge is 2.17. The second kappa shape index (κ2) is 3.55. The summed E-state index contributed by atoms with van der Waals surface area (Å²) >= 11 is 3.47. The molecule has 2 nitrogen and oxygen atoms in total. The Balaban J connectivity index is 3.48. The number of halogens is 1. The Morgan fingerprint density at radius 1 is 1.46 bits per heavy atom. The van der Waals surface area contributed by atoms with Gasteiger partial charge in [0.2, 0.25) is 0 Å². The predicted molar refractivity (Wildman–Crippen MR) is 56.7 cm³/mol. The van der Waals surface area contributed by atoms with Crippen molar-refractivity contribution in [2.45, 2.75) is 26.7 Å². The van der Waals surface area contributed by atoms with E-state index in [9.17, 15) is 0 Å². The molecule has 0 spiro atoms. The fraction of sp³-hybridized carbons (Fsp3) is 0.500. The van der Waals surface area contributed by atoms with Crippen LogP contribution in [0.2, 0.25) is 0 Å². The number of aromatic nitrogens is 1. The first kappa shape index (κ1) is 10.3. The number of nitriles is 1. The van der Waals surface area contributed by atoms with Crippen molar-refractivity contribution in [3.63, 3.8) is 0 Å². The van der Waals surface area contributed by atoms with Crippen molar-refractivity contribution in [1.29, 1.82) is 5.26 Å². The van der Waals surface area contributed by atoms with Crippen molar-refractivity contribution in [1.82, 2.24) is 4.57 Å². The van der Waals surface area contributed by atoms with Crippen molar-refractivity contribution in [2.75, 3.05) is 0 Å². The highest BCUT2D eigenvalue weighted by atomic mass is 79.9. The molecule has 0 fully saturated rings. The first-order valence-corrected chi connectivity index (χ1v) is 5.04. The van der Waals surface area contributed by atoms with Gasteiger partial charge in [0.05, 0.1) is 10.0 Å². The van der Waals surface area contributed by atoms with Crippen LogP contribution in [0.5, 0.6) is 0 Å². The molecule has 1 aromatic rings. The summed E-state index contributed by atoms with van der Waals surface area (Å²) in [6, 6.07) is 2.21. The van der Waals surface area contributed by atoms with Crippen molar-refractivity contribution in [3.05, 3.63) is 21.4 Å². The van der Waals surface area contributed by atoms with E-state index in [0.29, 0.717) is 5.92 Å². The summed E-state index contributed by atoms with van der Waals surface area (Å²) in [6.45, 7) is 6.22. The van der Waals surface area contributed by atoms with Crippen molar-refractivity contribution in [3.8, 4) is 6.07 Å². The van der Waals surface area contributed by atoms with Gasteiger partial charge in [-0.2, -0.15) is 5.26 Å². The normalized spacial score (nSPS) is 10.5. The van der Waals surface area contributed by atoms with Crippen LogP contribution >= 0.6 is 15.9 Å². The van der Waals surface area contributed by atoms with Gasteiger partial charge in [0, 0.05) is 18.4 Å². The Morgan fingerprint density at radius 3 is 2.23 bits per heavy atom. The van der Waals surface area contributed by atoms with E-state index >= 15 is 0 Å². The van der Waals surface area contributed by atoms with Crippen molar-refractivity contribution < 1.29 is 0 Å². The second-order valence-electron chi connectivity index (χ2n) is 3.49. The van der Waals surface area contributed by atoms with Gasteiger partial charge in [0.15, 0.2) is 0 Å². The lowest BCUT2D eigenvalue weighted by atomic mass is 10.1. The maximum atomic E-state index is 8.93. The largest absolute Gasteiger partial charge is 0.349 e. The minimum atomic E-state index is 0.431. The summed E-state index contributed by atoms with van der Waals surface area (Å²) < 4.78 is 3.03. The van der Waals surface area contributed by atoms with Crippen molar-refractivity contribution in [2.24, 2.45) is 7.05 Å². The van der Waals surface area contributed by atoms with E-state index in [0.717, 1.165) is 15.7 Å². The van der Waals surface area contributed by atoms with E-state index in [1.165, 1.54) is 5.69 Å². The Bertz CT molecular complexity index is 369. The molecular formula is C10H13BrN2. The lowest BCUT2D eigenvalue weighted by molar-refractivity contribution is 0.723. The van der Waals surface area contributed by atoms with Gasteiger partial charge >= 0.3 is 0 Å². The molecule has 0 aliphatic carbocycles. The lowest BCUT2D eigenvalue weighted by Gasteiger charge is -2.08. The van der Waals surface area contributed by atoms with Crippen LogP contribution in [0.15, 0.2) is 4.47 Å². The maximum absolute atomic E-state index is 8.93. The quantitative estimate of drug-likeness (QED) is 0.742. The minimum absolute atomic E-state index is 0.431. The third kappa shape index (κ3) is 1.51. The molecule has 1 heterocycles. The highest BCUT2D eigenvalue weighted by molar-refractivity contribution is 9.10. The Kier molecular flexibility index (Phi) is 2.82. The van der Waals surface area contributed by atoms with Gasteiger partial charge in [-0.15, -0.1) is 0 Å². The van der Waals surface area contributed by atoms with Crippen LogP contribution in [0.25, 0.3) is 0 Å².